The third-order valence-corrected chi connectivity index (χ3v) is 5.40. The zero-order valence-corrected chi connectivity index (χ0v) is 14.9. The molecule has 0 bridgehead atoms. The molecular weight excluding hydrogens is 337 g/mol. The van der Waals surface area contributed by atoms with E-state index in [4.69, 9.17) is 4.74 Å². The molecule has 0 aliphatic carbocycles. The summed E-state index contributed by atoms with van der Waals surface area (Å²) in [6.07, 6.45) is 3.19. The van der Waals surface area contributed by atoms with Crippen LogP contribution in [0, 0.1) is 5.82 Å². The lowest BCUT2D eigenvalue weighted by Crippen LogP contribution is -2.26. The van der Waals surface area contributed by atoms with Gasteiger partial charge in [-0.3, -0.25) is 4.79 Å². The Bertz CT molecular complexity index is 699. The van der Waals surface area contributed by atoms with Gasteiger partial charge >= 0.3 is 0 Å². The van der Waals surface area contributed by atoms with Crippen molar-refractivity contribution in [2.45, 2.75) is 30.3 Å². The summed E-state index contributed by atoms with van der Waals surface area (Å²) in [5, 5.41) is 2.95. The van der Waals surface area contributed by atoms with Crippen molar-refractivity contribution in [2.24, 2.45) is 0 Å². The molecule has 1 amide bonds. The van der Waals surface area contributed by atoms with Gasteiger partial charge in [0.25, 0.3) is 5.91 Å². The molecule has 132 valence electrons. The summed E-state index contributed by atoms with van der Waals surface area (Å²) in [5.41, 5.74) is 1.70. The van der Waals surface area contributed by atoms with Crippen molar-refractivity contribution in [3.05, 3.63) is 65.5 Å². The number of benzene rings is 2. The van der Waals surface area contributed by atoms with Crippen molar-refractivity contribution in [1.82, 2.24) is 5.32 Å². The monoisotopic (exact) mass is 359 g/mol. The van der Waals surface area contributed by atoms with Gasteiger partial charge in [0.15, 0.2) is 0 Å². The Labute approximate surface area is 152 Å². The molecule has 5 heteroatoms. The molecule has 1 aliphatic rings. The molecule has 1 aliphatic heterocycles. The summed E-state index contributed by atoms with van der Waals surface area (Å²) in [6.45, 7) is 1.37. The molecule has 1 saturated heterocycles. The van der Waals surface area contributed by atoms with E-state index in [-0.39, 0.29) is 11.7 Å². The highest BCUT2D eigenvalue weighted by Gasteiger charge is 2.17. The quantitative estimate of drug-likeness (QED) is 0.758. The zero-order chi connectivity index (χ0) is 17.5. The van der Waals surface area contributed by atoms with Crippen molar-refractivity contribution in [3.8, 4) is 0 Å². The predicted molar refractivity (Wildman–Crippen MR) is 98.6 cm³/mol. The molecule has 0 saturated carbocycles. The number of rotatable bonds is 7. The van der Waals surface area contributed by atoms with Crippen molar-refractivity contribution in [1.29, 1.82) is 0 Å². The van der Waals surface area contributed by atoms with Crippen LogP contribution in [0.3, 0.4) is 0 Å². The molecule has 2 aromatic rings. The Balaban J connectivity index is 1.53. The third-order valence-electron chi connectivity index (χ3n) is 4.19. The summed E-state index contributed by atoms with van der Waals surface area (Å²) in [5.74, 6) is 0.558. The molecule has 1 fully saturated rings. The van der Waals surface area contributed by atoms with Gasteiger partial charge in [0.05, 0.1) is 11.7 Å². The summed E-state index contributed by atoms with van der Waals surface area (Å²) in [4.78, 5) is 13.5. The zero-order valence-electron chi connectivity index (χ0n) is 14.0. The number of thioether (sulfide) groups is 1. The molecule has 1 unspecified atom stereocenters. The van der Waals surface area contributed by atoms with E-state index in [0.29, 0.717) is 24.6 Å². The second-order valence-electron chi connectivity index (χ2n) is 6.07. The van der Waals surface area contributed by atoms with Gasteiger partial charge in [0, 0.05) is 23.8 Å². The van der Waals surface area contributed by atoms with Crippen LogP contribution in [0.5, 0.6) is 0 Å². The first-order valence-corrected chi connectivity index (χ1v) is 9.57. The number of carbonyl (C=O) groups excluding carboxylic acids is 1. The number of hydrogen-bond acceptors (Lipinski definition) is 3. The summed E-state index contributed by atoms with van der Waals surface area (Å²) >= 11 is 1.68. The maximum absolute atomic E-state index is 12.9. The number of hydrogen-bond donors (Lipinski definition) is 1. The van der Waals surface area contributed by atoms with Gasteiger partial charge in [-0.05, 0) is 49.1 Å². The number of amides is 1. The van der Waals surface area contributed by atoms with E-state index in [9.17, 15) is 9.18 Å². The van der Waals surface area contributed by atoms with Gasteiger partial charge in [-0.2, -0.15) is 0 Å². The molecule has 2 aromatic carbocycles. The standard InChI is InChI=1S/C20H22FNO2S/c21-16-9-7-15(8-10-16)11-12-22-20(23)18-5-1-2-6-19(18)25-14-17-4-3-13-24-17/h1-2,5-10,17H,3-4,11-14H2,(H,22,23). The number of carbonyl (C=O) groups is 1. The van der Waals surface area contributed by atoms with Gasteiger partial charge < -0.3 is 10.1 Å². The molecule has 1 N–H and O–H groups in total. The maximum atomic E-state index is 12.9. The number of halogens is 1. The van der Waals surface area contributed by atoms with Gasteiger partial charge in [0.1, 0.15) is 5.82 Å². The second kappa shape index (κ2) is 9.02. The molecule has 3 rings (SSSR count). The number of nitrogens with one attached hydrogen (secondary N) is 1. The molecule has 0 spiro atoms. The molecule has 1 atom stereocenters. The highest BCUT2D eigenvalue weighted by molar-refractivity contribution is 7.99. The van der Waals surface area contributed by atoms with Crippen LogP contribution >= 0.6 is 11.8 Å². The maximum Gasteiger partial charge on any atom is 0.252 e. The fourth-order valence-corrected chi connectivity index (χ4v) is 3.92. The lowest BCUT2D eigenvalue weighted by atomic mass is 10.1. The first kappa shape index (κ1) is 18.0. The topological polar surface area (TPSA) is 38.3 Å². The van der Waals surface area contributed by atoms with Gasteiger partial charge in [-0.15, -0.1) is 11.8 Å². The molecule has 0 aromatic heterocycles. The third kappa shape index (κ3) is 5.31. The molecule has 0 radical (unpaired) electrons. The largest absolute Gasteiger partial charge is 0.377 e. The summed E-state index contributed by atoms with van der Waals surface area (Å²) in [7, 11) is 0. The van der Waals surface area contributed by atoms with E-state index in [1.54, 1.807) is 23.9 Å². The van der Waals surface area contributed by atoms with Crippen LogP contribution < -0.4 is 5.32 Å². The average Bonchev–Trinajstić information content (AvgIpc) is 3.15. The fraction of sp³-hybridized carbons (Fsp3) is 0.350. The average molecular weight is 359 g/mol. The van der Waals surface area contributed by atoms with Crippen molar-refractivity contribution in [3.63, 3.8) is 0 Å². The highest BCUT2D eigenvalue weighted by Crippen LogP contribution is 2.26. The van der Waals surface area contributed by atoms with Crippen molar-refractivity contribution >= 4 is 17.7 Å². The minimum Gasteiger partial charge on any atom is -0.377 e. The Hall–Kier alpha value is -1.85. The van der Waals surface area contributed by atoms with Crippen LogP contribution in [0.1, 0.15) is 28.8 Å². The van der Waals surface area contributed by atoms with Crippen LogP contribution in [0.15, 0.2) is 53.4 Å². The Morgan fingerprint density at radius 1 is 1.20 bits per heavy atom. The number of ether oxygens (including phenoxy) is 1. The first-order chi connectivity index (χ1) is 12.2. The van der Waals surface area contributed by atoms with E-state index < -0.39 is 0 Å². The van der Waals surface area contributed by atoms with Gasteiger partial charge in [-0.25, -0.2) is 4.39 Å². The molecular formula is C20H22FNO2S. The van der Waals surface area contributed by atoms with Gasteiger partial charge in [0.2, 0.25) is 0 Å². The van der Waals surface area contributed by atoms with Crippen molar-refractivity contribution < 1.29 is 13.9 Å². The first-order valence-electron chi connectivity index (χ1n) is 8.58. The smallest absolute Gasteiger partial charge is 0.252 e. The lowest BCUT2D eigenvalue weighted by Gasteiger charge is -2.12. The SMILES string of the molecule is O=C(NCCc1ccc(F)cc1)c1ccccc1SCC1CCCO1. The fourth-order valence-electron chi connectivity index (χ4n) is 2.81. The van der Waals surface area contributed by atoms with Gasteiger partial charge in [-0.1, -0.05) is 24.3 Å². The molecule has 25 heavy (non-hydrogen) atoms. The van der Waals surface area contributed by atoms with E-state index in [0.717, 1.165) is 35.7 Å². The normalized spacial score (nSPS) is 16.8. The Morgan fingerprint density at radius 2 is 2.00 bits per heavy atom. The predicted octanol–water partition coefficient (Wildman–Crippen LogP) is 4.07. The molecule has 1 heterocycles. The van der Waals surface area contributed by atoms with Crippen LogP contribution in [-0.4, -0.2) is 30.9 Å². The minimum atomic E-state index is -0.245. The van der Waals surface area contributed by atoms with E-state index in [1.165, 1.54) is 12.1 Å². The van der Waals surface area contributed by atoms with E-state index in [1.807, 2.05) is 24.3 Å². The van der Waals surface area contributed by atoms with Crippen LogP contribution in [0.25, 0.3) is 0 Å². The Kier molecular flexibility index (Phi) is 6.48. The minimum absolute atomic E-state index is 0.0717. The van der Waals surface area contributed by atoms with E-state index in [2.05, 4.69) is 5.32 Å². The molecule has 3 nitrogen and oxygen atoms in total. The van der Waals surface area contributed by atoms with Crippen molar-refractivity contribution in [2.75, 3.05) is 18.9 Å². The lowest BCUT2D eigenvalue weighted by molar-refractivity contribution is 0.0951. The summed E-state index contributed by atoms with van der Waals surface area (Å²) < 4.78 is 18.6. The van der Waals surface area contributed by atoms with Crippen LogP contribution in [0.2, 0.25) is 0 Å². The second-order valence-corrected chi connectivity index (χ2v) is 7.14. The van der Waals surface area contributed by atoms with E-state index >= 15 is 0 Å². The Morgan fingerprint density at radius 3 is 2.76 bits per heavy atom. The summed E-state index contributed by atoms with van der Waals surface area (Å²) in [6, 6.07) is 14.0. The van der Waals surface area contributed by atoms with Crippen LogP contribution in [0.4, 0.5) is 4.39 Å². The van der Waals surface area contributed by atoms with Crippen LogP contribution in [-0.2, 0) is 11.2 Å². The highest BCUT2D eigenvalue weighted by atomic mass is 32.2.